The van der Waals surface area contributed by atoms with Gasteiger partial charge in [-0.05, 0) is 19.1 Å². The molecule has 0 saturated carbocycles. The minimum absolute atomic E-state index is 0.317. The summed E-state index contributed by atoms with van der Waals surface area (Å²) in [6.45, 7) is 2.68. The van der Waals surface area contributed by atoms with Crippen LogP contribution in [0.2, 0.25) is 0 Å². The fourth-order valence-corrected chi connectivity index (χ4v) is 1.59. The van der Waals surface area contributed by atoms with E-state index in [1.165, 1.54) is 6.07 Å². The van der Waals surface area contributed by atoms with Crippen LogP contribution in [-0.2, 0) is 0 Å². The summed E-state index contributed by atoms with van der Waals surface area (Å²) in [5, 5.41) is 3.06. The summed E-state index contributed by atoms with van der Waals surface area (Å²) in [4.78, 5) is 4.12. The van der Waals surface area contributed by atoms with Crippen molar-refractivity contribution in [2.75, 3.05) is 19.0 Å². The molecule has 0 spiro atoms. The van der Waals surface area contributed by atoms with Crippen molar-refractivity contribution in [1.29, 1.82) is 0 Å². The number of rotatable bonds is 4. The Morgan fingerprint density at radius 3 is 3.00 bits per heavy atom. The molecule has 1 heterocycles. The molecule has 0 atom stereocenters. The first-order chi connectivity index (χ1) is 8.26. The van der Waals surface area contributed by atoms with Crippen LogP contribution in [0.4, 0.5) is 10.3 Å². The number of halogens is 1. The third-order valence-corrected chi connectivity index (χ3v) is 2.39. The van der Waals surface area contributed by atoms with Gasteiger partial charge in [0.15, 0.2) is 0 Å². The third kappa shape index (κ3) is 2.22. The van der Waals surface area contributed by atoms with Gasteiger partial charge in [0, 0.05) is 25.0 Å². The van der Waals surface area contributed by atoms with Crippen molar-refractivity contribution in [2.45, 2.75) is 6.92 Å². The van der Waals surface area contributed by atoms with E-state index in [0.717, 1.165) is 6.54 Å². The Morgan fingerprint density at radius 1 is 1.47 bits per heavy atom. The van der Waals surface area contributed by atoms with Gasteiger partial charge in [0.05, 0.1) is 12.8 Å². The number of benzene rings is 1. The molecule has 0 fully saturated rings. The molecule has 5 heteroatoms. The highest BCUT2D eigenvalue weighted by Crippen LogP contribution is 2.22. The van der Waals surface area contributed by atoms with E-state index >= 15 is 0 Å². The van der Waals surface area contributed by atoms with Crippen molar-refractivity contribution in [1.82, 2.24) is 9.55 Å². The first-order valence-corrected chi connectivity index (χ1v) is 5.37. The van der Waals surface area contributed by atoms with Gasteiger partial charge < -0.3 is 10.1 Å². The average Bonchev–Trinajstić information content (AvgIpc) is 2.78. The molecule has 1 N–H and O–H groups in total. The molecule has 0 amide bonds. The number of nitrogens with zero attached hydrogens (tertiary/aromatic N) is 2. The summed E-state index contributed by atoms with van der Waals surface area (Å²) in [5.41, 5.74) is 0.415. The Labute approximate surface area is 99.1 Å². The molecule has 4 nitrogen and oxygen atoms in total. The van der Waals surface area contributed by atoms with Crippen LogP contribution < -0.4 is 10.1 Å². The Balaban J connectivity index is 2.47. The lowest BCUT2D eigenvalue weighted by Crippen LogP contribution is -2.06. The number of ether oxygens (including phenoxy) is 1. The first kappa shape index (κ1) is 11.4. The highest BCUT2D eigenvalue weighted by atomic mass is 19.1. The van der Waals surface area contributed by atoms with Crippen molar-refractivity contribution in [3.05, 3.63) is 36.4 Å². The van der Waals surface area contributed by atoms with Gasteiger partial charge in [-0.15, -0.1) is 0 Å². The van der Waals surface area contributed by atoms with Crippen LogP contribution in [0.3, 0.4) is 0 Å². The number of imidazole rings is 1. The van der Waals surface area contributed by atoms with Gasteiger partial charge in [0.2, 0.25) is 5.95 Å². The minimum Gasteiger partial charge on any atom is -0.497 e. The Hall–Kier alpha value is -2.04. The summed E-state index contributed by atoms with van der Waals surface area (Å²) < 4.78 is 20.5. The molecule has 90 valence electrons. The molecule has 0 unspecified atom stereocenters. The van der Waals surface area contributed by atoms with Crippen molar-refractivity contribution in [2.24, 2.45) is 0 Å². The second-order valence-corrected chi connectivity index (χ2v) is 3.47. The predicted molar refractivity (Wildman–Crippen MR) is 64.2 cm³/mol. The summed E-state index contributed by atoms with van der Waals surface area (Å²) in [6, 6.07) is 4.60. The molecule has 17 heavy (non-hydrogen) atoms. The lowest BCUT2D eigenvalue weighted by molar-refractivity contribution is 0.413. The van der Waals surface area contributed by atoms with Crippen LogP contribution in [-0.4, -0.2) is 23.2 Å². The molecule has 0 saturated heterocycles. The van der Waals surface area contributed by atoms with Gasteiger partial charge >= 0.3 is 0 Å². The zero-order valence-electron chi connectivity index (χ0n) is 9.77. The van der Waals surface area contributed by atoms with E-state index in [2.05, 4.69) is 10.3 Å². The van der Waals surface area contributed by atoms with E-state index in [4.69, 9.17) is 4.74 Å². The lowest BCUT2D eigenvalue weighted by Gasteiger charge is -2.10. The van der Waals surface area contributed by atoms with Gasteiger partial charge in [0.25, 0.3) is 0 Å². The number of methoxy groups -OCH3 is 1. The third-order valence-electron chi connectivity index (χ3n) is 2.39. The molecule has 0 radical (unpaired) electrons. The Bertz CT molecular complexity index is 510. The maximum absolute atomic E-state index is 13.8. The van der Waals surface area contributed by atoms with Gasteiger partial charge in [-0.3, -0.25) is 4.57 Å². The van der Waals surface area contributed by atoms with Crippen LogP contribution in [0.25, 0.3) is 5.69 Å². The van der Waals surface area contributed by atoms with Gasteiger partial charge in [-0.25, -0.2) is 9.37 Å². The van der Waals surface area contributed by atoms with Crippen LogP contribution in [0.1, 0.15) is 6.92 Å². The maximum atomic E-state index is 13.8. The van der Waals surface area contributed by atoms with Crippen LogP contribution >= 0.6 is 0 Å². The van der Waals surface area contributed by atoms with Gasteiger partial charge in [0.1, 0.15) is 11.6 Å². The monoisotopic (exact) mass is 235 g/mol. The minimum atomic E-state index is -0.317. The Kier molecular flexibility index (Phi) is 3.27. The van der Waals surface area contributed by atoms with Gasteiger partial charge in [-0.1, -0.05) is 0 Å². The number of nitrogens with one attached hydrogen (secondary N) is 1. The molecule has 0 aliphatic heterocycles. The standard InChI is InChI=1S/C12H14FN3O/c1-3-14-12-15-6-7-16(12)11-8-9(17-2)4-5-10(11)13/h4-8H,3H2,1-2H3,(H,14,15). The van der Waals surface area contributed by atoms with Crippen molar-refractivity contribution < 1.29 is 9.13 Å². The summed E-state index contributed by atoms with van der Waals surface area (Å²) in [5.74, 6) is 0.903. The van der Waals surface area contributed by atoms with Crippen molar-refractivity contribution in [3.63, 3.8) is 0 Å². The molecule has 2 rings (SSSR count). The second-order valence-electron chi connectivity index (χ2n) is 3.47. The number of hydrogen-bond donors (Lipinski definition) is 1. The van der Waals surface area contributed by atoms with E-state index in [9.17, 15) is 4.39 Å². The lowest BCUT2D eigenvalue weighted by atomic mass is 10.3. The smallest absolute Gasteiger partial charge is 0.207 e. The van der Waals surface area contributed by atoms with E-state index in [1.807, 2.05) is 6.92 Å². The molecular weight excluding hydrogens is 221 g/mol. The number of hydrogen-bond acceptors (Lipinski definition) is 3. The maximum Gasteiger partial charge on any atom is 0.207 e. The summed E-state index contributed by atoms with van der Waals surface area (Å²) in [7, 11) is 1.55. The Morgan fingerprint density at radius 2 is 2.29 bits per heavy atom. The first-order valence-electron chi connectivity index (χ1n) is 5.37. The molecule has 0 bridgehead atoms. The second kappa shape index (κ2) is 4.86. The van der Waals surface area contributed by atoms with Crippen molar-refractivity contribution in [3.8, 4) is 11.4 Å². The quantitative estimate of drug-likeness (QED) is 0.884. The molecule has 2 aromatic rings. The van der Waals surface area contributed by atoms with E-state index < -0.39 is 0 Å². The fourth-order valence-electron chi connectivity index (χ4n) is 1.59. The molecular formula is C12H14FN3O. The van der Waals surface area contributed by atoms with E-state index in [1.54, 1.807) is 36.2 Å². The topological polar surface area (TPSA) is 39.1 Å². The summed E-state index contributed by atoms with van der Waals surface area (Å²) in [6.07, 6.45) is 3.33. The van der Waals surface area contributed by atoms with Crippen LogP contribution in [0, 0.1) is 5.82 Å². The largest absolute Gasteiger partial charge is 0.497 e. The SMILES string of the molecule is CCNc1nccn1-c1cc(OC)ccc1F. The molecule has 0 aliphatic rings. The predicted octanol–water partition coefficient (Wildman–Crippen LogP) is 2.45. The zero-order valence-corrected chi connectivity index (χ0v) is 9.77. The highest BCUT2D eigenvalue weighted by molar-refractivity contribution is 5.46. The average molecular weight is 235 g/mol. The highest BCUT2D eigenvalue weighted by Gasteiger charge is 2.10. The van der Waals surface area contributed by atoms with Crippen LogP contribution in [0.15, 0.2) is 30.6 Å². The zero-order chi connectivity index (χ0) is 12.3. The van der Waals surface area contributed by atoms with E-state index in [0.29, 0.717) is 17.4 Å². The van der Waals surface area contributed by atoms with Gasteiger partial charge in [-0.2, -0.15) is 0 Å². The fraction of sp³-hybridized carbons (Fsp3) is 0.250. The van der Waals surface area contributed by atoms with Crippen LogP contribution in [0.5, 0.6) is 5.75 Å². The molecule has 1 aromatic carbocycles. The normalized spacial score (nSPS) is 10.3. The summed E-state index contributed by atoms with van der Waals surface area (Å²) >= 11 is 0. The molecule has 1 aromatic heterocycles. The number of anilines is 1. The molecule has 0 aliphatic carbocycles. The van der Waals surface area contributed by atoms with Crippen molar-refractivity contribution >= 4 is 5.95 Å². The van der Waals surface area contributed by atoms with E-state index in [-0.39, 0.29) is 5.82 Å². The number of aromatic nitrogens is 2.